The summed E-state index contributed by atoms with van der Waals surface area (Å²) in [5.74, 6) is 0.559. The van der Waals surface area contributed by atoms with Gasteiger partial charge in [-0.3, -0.25) is 0 Å². The summed E-state index contributed by atoms with van der Waals surface area (Å²) in [6.07, 6.45) is 5.32. The molecule has 18 heavy (non-hydrogen) atoms. The molecule has 0 aromatic carbocycles. The van der Waals surface area contributed by atoms with Gasteiger partial charge >= 0.3 is 0 Å². The average molecular weight is 244 g/mol. The van der Waals surface area contributed by atoms with Gasteiger partial charge in [-0.1, -0.05) is 13.8 Å². The fourth-order valence-electron chi connectivity index (χ4n) is 2.78. The Labute approximate surface area is 107 Å². The van der Waals surface area contributed by atoms with E-state index in [9.17, 15) is 0 Å². The van der Waals surface area contributed by atoms with Crippen molar-refractivity contribution in [3.8, 4) is 0 Å². The Morgan fingerprint density at radius 2 is 2.22 bits per heavy atom. The Morgan fingerprint density at radius 1 is 1.39 bits per heavy atom. The molecule has 1 aliphatic rings. The third-order valence-electron chi connectivity index (χ3n) is 3.95. The van der Waals surface area contributed by atoms with E-state index in [1.165, 1.54) is 17.0 Å². The van der Waals surface area contributed by atoms with Crippen molar-refractivity contribution in [1.29, 1.82) is 0 Å². The van der Waals surface area contributed by atoms with E-state index in [0.29, 0.717) is 5.92 Å². The number of nitrogens with zero attached hydrogens (tertiary/aromatic N) is 3. The van der Waals surface area contributed by atoms with Crippen LogP contribution in [0.25, 0.3) is 5.65 Å². The van der Waals surface area contributed by atoms with Crippen LogP contribution in [0, 0.1) is 0 Å². The van der Waals surface area contributed by atoms with Gasteiger partial charge in [-0.15, -0.1) is 0 Å². The van der Waals surface area contributed by atoms with Crippen molar-refractivity contribution in [2.75, 3.05) is 6.54 Å². The first-order valence-electron chi connectivity index (χ1n) is 6.90. The molecule has 4 heteroatoms. The van der Waals surface area contributed by atoms with Crippen molar-refractivity contribution in [2.45, 2.75) is 45.6 Å². The highest BCUT2D eigenvalue weighted by Crippen LogP contribution is 2.24. The maximum Gasteiger partial charge on any atom is 0.155 e. The summed E-state index contributed by atoms with van der Waals surface area (Å²) in [4.78, 5) is 4.53. The zero-order valence-corrected chi connectivity index (χ0v) is 11.1. The number of aromatic nitrogens is 3. The summed E-state index contributed by atoms with van der Waals surface area (Å²) in [6.45, 7) is 6.40. The molecule has 0 atom stereocenters. The van der Waals surface area contributed by atoms with Gasteiger partial charge in [0.2, 0.25) is 0 Å². The predicted molar refractivity (Wildman–Crippen MR) is 71.7 cm³/mol. The van der Waals surface area contributed by atoms with E-state index in [0.717, 1.165) is 38.0 Å². The highest BCUT2D eigenvalue weighted by atomic mass is 15.3. The molecule has 0 saturated heterocycles. The van der Waals surface area contributed by atoms with Gasteiger partial charge in [-0.05, 0) is 12.8 Å². The average Bonchev–Trinajstić information content (AvgIpc) is 2.84. The zero-order valence-electron chi connectivity index (χ0n) is 11.1. The first kappa shape index (κ1) is 11.7. The molecule has 96 valence electrons. The lowest BCUT2D eigenvalue weighted by atomic mass is 10.00. The number of hydrogen-bond acceptors (Lipinski definition) is 3. The molecule has 0 unspecified atom stereocenters. The molecule has 3 rings (SSSR count). The minimum Gasteiger partial charge on any atom is -0.312 e. The fraction of sp³-hybridized carbons (Fsp3) is 0.571. The van der Waals surface area contributed by atoms with Crippen molar-refractivity contribution >= 4 is 5.65 Å². The molecule has 3 heterocycles. The number of hydrogen-bond donors (Lipinski definition) is 1. The number of rotatable bonds is 3. The summed E-state index contributed by atoms with van der Waals surface area (Å²) in [6, 6.07) is 2.15. The monoisotopic (exact) mass is 244 g/mol. The van der Waals surface area contributed by atoms with Crippen LogP contribution in [0.5, 0.6) is 0 Å². The normalized spacial score (nSPS) is 15.3. The molecule has 2 aromatic rings. The Bertz CT molecular complexity index is 554. The highest BCUT2D eigenvalue weighted by molar-refractivity contribution is 5.43. The Kier molecular flexibility index (Phi) is 3.04. The van der Waals surface area contributed by atoms with Crippen LogP contribution >= 0.6 is 0 Å². The minimum absolute atomic E-state index is 0.559. The second kappa shape index (κ2) is 4.69. The molecule has 0 amide bonds. The lowest BCUT2D eigenvalue weighted by Crippen LogP contribution is -2.26. The van der Waals surface area contributed by atoms with Crippen LogP contribution in [-0.4, -0.2) is 21.1 Å². The smallest absolute Gasteiger partial charge is 0.155 e. The van der Waals surface area contributed by atoms with E-state index in [1.54, 1.807) is 0 Å². The van der Waals surface area contributed by atoms with Crippen molar-refractivity contribution in [3.63, 3.8) is 0 Å². The molecular weight excluding hydrogens is 224 g/mol. The van der Waals surface area contributed by atoms with E-state index >= 15 is 0 Å². The molecule has 0 bridgehead atoms. The Balaban J connectivity index is 2.11. The van der Waals surface area contributed by atoms with Crippen LogP contribution in [-0.2, 0) is 13.0 Å². The van der Waals surface area contributed by atoms with Gasteiger partial charge in [0, 0.05) is 43.3 Å². The first-order chi connectivity index (χ1) is 8.83. The van der Waals surface area contributed by atoms with Gasteiger partial charge in [-0.25, -0.2) is 9.50 Å². The van der Waals surface area contributed by atoms with Gasteiger partial charge in [0.1, 0.15) is 0 Å². The third kappa shape index (κ3) is 1.81. The number of nitrogens with one attached hydrogen (secondary N) is 1. The molecule has 0 saturated carbocycles. The quantitative estimate of drug-likeness (QED) is 0.900. The van der Waals surface area contributed by atoms with Crippen molar-refractivity contribution in [3.05, 3.63) is 29.2 Å². The van der Waals surface area contributed by atoms with Crippen molar-refractivity contribution in [1.82, 2.24) is 19.9 Å². The zero-order chi connectivity index (χ0) is 12.5. The van der Waals surface area contributed by atoms with Crippen LogP contribution in [0.15, 0.2) is 12.3 Å². The van der Waals surface area contributed by atoms with Crippen LogP contribution in [0.3, 0.4) is 0 Å². The van der Waals surface area contributed by atoms with E-state index in [2.05, 4.69) is 34.7 Å². The van der Waals surface area contributed by atoms with Crippen LogP contribution < -0.4 is 5.32 Å². The fourth-order valence-corrected chi connectivity index (χ4v) is 2.78. The van der Waals surface area contributed by atoms with E-state index in [1.807, 2.05) is 6.20 Å². The van der Waals surface area contributed by atoms with E-state index < -0.39 is 0 Å². The maximum absolute atomic E-state index is 4.79. The van der Waals surface area contributed by atoms with E-state index in [4.69, 9.17) is 5.10 Å². The van der Waals surface area contributed by atoms with Gasteiger partial charge in [-0.2, -0.15) is 5.10 Å². The lowest BCUT2D eigenvalue weighted by Gasteiger charge is -2.17. The Hall–Kier alpha value is -1.42. The standard InChI is InChI=1S/C14H20N4/c1-3-10(4-2)12-7-14-16-9-11-8-15-6-5-13(11)18(14)17-12/h7,9-10,15H,3-6,8H2,1-2H3. The summed E-state index contributed by atoms with van der Waals surface area (Å²) in [7, 11) is 0. The van der Waals surface area contributed by atoms with E-state index in [-0.39, 0.29) is 0 Å². The molecule has 0 aliphatic carbocycles. The van der Waals surface area contributed by atoms with Crippen LogP contribution in [0.2, 0.25) is 0 Å². The SMILES string of the molecule is CCC(CC)c1cc2ncc3c(n2n1)CCNC3. The second-order valence-corrected chi connectivity index (χ2v) is 5.01. The highest BCUT2D eigenvalue weighted by Gasteiger charge is 2.17. The molecule has 1 aliphatic heterocycles. The van der Waals surface area contributed by atoms with Gasteiger partial charge < -0.3 is 5.32 Å². The Morgan fingerprint density at radius 3 is 3.00 bits per heavy atom. The molecule has 4 nitrogen and oxygen atoms in total. The molecular formula is C14H20N4. The number of fused-ring (bicyclic) bond motifs is 3. The lowest BCUT2D eigenvalue weighted by molar-refractivity contribution is 0.592. The molecule has 0 fully saturated rings. The van der Waals surface area contributed by atoms with Gasteiger partial charge in [0.25, 0.3) is 0 Å². The summed E-state index contributed by atoms with van der Waals surface area (Å²) in [5, 5.41) is 8.17. The minimum atomic E-state index is 0.559. The largest absolute Gasteiger partial charge is 0.312 e. The van der Waals surface area contributed by atoms with Crippen LogP contribution in [0.4, 0.5) is 0 Å². The van der Waals surface area contributed by atoms with Gasteiger partial charge in [0.05, 0.1) is 11.4 Å². The first-order valence-corrected chi connectivity index (χ1v) is 6.90. The van der Waals surface area contributed by atoms with Crippen molar-refractivity contribution < 1.29 is 0 Å². The molecule has 1 N–H and O–H groups in total. The molecule has 0 spiro atoms. The second-order valence-electron chi connectivity index (χ2n) is 5.01. The summed E-state index contributed by atoms with van der Waals surface area (Å²) >= 11 is 0. The van der Waals surface area contributed by atoms with Gasteiger partial charge in [0.15, 0.2) is 5.65 Å². The molecule has 0 radical (unpaired) electrons. The third-order valence-corrected chi connectivity index (χ3v) is 3.95. The van der Waals surface area contributed by atoms with Crippen molar-refractivity contribution in [2.24, 2.45) is 0 Å². The topological polar surface area (TPSA) is 42.2 Å². The molecule has 2 aromatic heterocycles. The maximum atomic E-state index is 4.79. The summed E-state index contributed by atoms with van der Waals surface area (Å²) < 4.78 is 2.06. The predicted octanol–water partition coefficient (Wildman–Crippen LogP) is 2.28. The summed E-state index contributed by atoms with van der Waals surface area (Å²) in [5.41, 5.74) is 4.81. The van der Waals surface area contributed by atoms with Crippen LogP contribution in [0.1, 0.15) is 49.6 Å².